The summed E-state index contributed by atoms with van der Waals surface area (Å²) in [5.74, 6) is 0.154. The Kier molecular flexibility index (Phi) is 2.35. The fraction of sp³-hybridized carbons (Fsp3) is 0.250. The number of rotatable bonds is 3. The molecule has 1 unspecified atom stereocenters. The molecular formula is C12H12O2. The summed E-state index contributed by atoms with van der Waals surface area (Å²) in [6.07, 6.45) is 2.10. The van der Waals surface area contributed by atoms with Crippen LogP contribution < -0.4 is 0 Å². The van der Waals surface area contributed by atoms with E-state index in [1.54, 1.807) is 12.1 Å². The van der Waals surface area contributed by atoms with Crippen LogP contribution in [0, 0.1) is 5.92 Å². The second-order valence-electron chi connectivity index (χ2n) is 3.48. The van der Waals surface area contributed by atoms with Gasteiger partial charge in [-0.2, -0.15) is 0 Å². The quantitative estimate of drug-likeness (QED) is 0.538. The van der Waals surface area contributed by atoms with E-state index in [0.717, 1.165) is 0 Å². The first-order valence-corrected chi connectivity index (χ1v) is 4.68. The summed E-state index contributed by atoms with van der Waals surface area (Å²) in [6, 6.07) is 9.06. The first kappa shape index (κ1) is 9.00. The van der Waals surface area contributed by atoms with Gasteiger partial charge in [-0.05, 0) is 19.1 Å². The van der Waals surface area contributed by atoms with E-state index >= 15 is 0 Å². The molecule has 0 spiro atoms. The van der Waals surface area contributed by atoms with Crippen molar-refractivity contribution in [2.24, 2.45) is 5.92 Å². The monoisotopic (exact) mass is 188 g/mol. The van der Waals surface area contributed by atoms with Crippen molar-refractivity contribution in [3.8, 4) is 0 Å². The molecule has 0 heterocycles. The highest BCUT2D eigenvalue weighted by Gasteiger charge is 2.21. The van der Waals surface area contributed by atoms with Crippen LogP contribution in [0.3, 0.4) is 0 Å². The highest BCUT2D eigenvalue weighted by atomic mass is 16.5. The van der Waals surface area contributed by atoms with Gasteiger partial charge >= 0.3 is 5.97 Å². The van der Waals surface area contributed by atoms with Gasteiger partial charge in [-0.1, -0.05) is 29.8 Å². The lowest BCUT2D eigenvalue weighted by Gasteiger charge is -2.03. The van der Waals surface area contributed by atoms with Crippen LogP contribution in [-0.4, -0.2) is 12.6 Å². The number of hydrogen-bond acceptors (Lipinski definition) is 2. The SMILES string of the molecule is CC1=CC1COC(=O)c1ccccc1. The standard InChI is InChI=1S/C12H12O2/c1-9-7-11(9)8-14-12(13)10-5-3-2-4-6-10/h2-7,11H,8H2,1H3. The Hall–Kier alpha value is -1.57. The molecule has 14 heavy (non-hydrogen) atoms. The molecule has 0 saturated heterocycles. The Morgan fingerprint density at radius 2 is 2.00 bits per heavy atom. The van der Waals surface area contributed by atoms with E-state index in [9.17, 15) is 4.79 Å². The zero-order chi connectivity index (χ0) is 9.97. The first-order valence-electron chi connectivity index (χ1n) is 4.68. The molecule has 72 valence electrons. The van der Waals surface area contributed by atoms with Gasteiger partial charge in [0.05, 0.1) is 5.56 Å². The molecule has 0 aliphatic heterocycles. The highest BCUT2D eigenvalue weighted by molar-refractivity contribution is 5.89. The van der Waals surface area contributed by atoms with E-state index in [-0.39, 0.29) is 5.97 Å². The number of carbonyl (C=O) groups is 1. The van der Waals surface area contributed by atoms with Crippen molar-refractivity contribution >= 4 is 5.97 Å². The van der Waals surface area contributed by atoms with Crippen LogP contribution in [-0.2, 0) is 4.74 Å². The minimum Gasteiger partial charge on any atom is -0.461 e. The van der Waals surface area contributed by atoms with Gasteiger partial charge in [-0.15, -0.1) is 0 Å². The second-order valence-corrected chi connectivity index (χ2v) is 3.48. The Morgan fingerprint density at radius 3 is 2.57 bits per heavy atom. The Labute approximate surface area is 83.2 Å². The third-order valence-electron chi connectivity index (χ3n) is 2.34. The molecule has 1 atom stereocenters. The molecule has 1 aliphatic rings. The predicted octanol–water partition coefficient (Wildman–Crippen LogP) is 2.42. The fourth-order valence-corrected chi connectivity index (χ4v) is 1.27. The van der Waals surface area contributed by atoms with E-state index < -0.39 is 0 Å². The summed E-state index contributed by atoms with van der Waals surface area (Å²) < 4.78 is 5.13. The summed E-state index contributed by atoms with van der Waals surface area (Å²) >= 11 is 0. The number of benzene rings is 1. The van der Waals surface area contributed by atoms with E-state index in [2.05, 4.69) is 6.08 Å². The second kappa shape index (κ2) is 3.66. The van der Waals surface area contributed by atoms with Crippen molar-refractivity contribution in [2.45, 2.75) is 6.92 Å². The molecule has 2 heteroatoms. The topological polar surface area (TPSA) is 26.3 Å². The van der Waals surface area contributed by atoms with Gasteiger partial charge < -0.3 is 4.74 Å². The molecule has 0 N–H and O–H groups in total. The Balaban J connectivity index is 1.84. The Morgan fingerprint density at radius 1 is 1.36 bits per heavy atom. The molecule has 0 bridgehead atoms. The summed E-state index contributed by atoms with van der Waals surface area (Å²) in [5, 5.41) is 0. The largest absolute Gasteiger partial charge is 0.461 e. The maximum Gasteiger partial charge on any atom is 0.338 e. The maximum atomic E-state index is 11.4. The van der Waals surface area contributed by atoms with Gasteiger partial charge in [0, 0.05) is 5.92 Å². The minimum atomic E-state index is -0.237. The molecule has 0 radical (unpaired) electrons. The average molecular weight is 188 g/mol. The summed E-state index contributed by atoms with van der Waals surface area (Å²) in [6.45, 7) is 2.53. The lowest BCUT2D eigenvalue weighted by molar-refractivity contribution is 0.0493. The van der Waals surface area contributed by atoms with Gasteiger partial charge in [0.2, 0.25) is 0 Å². The smallest absolute Gasteiger partial charge is 0.338 e. The minimum absolute atomic E-state index is 0.237. The molecule has 2 nitrogen and oxygen atoms in total. The predicted molar refractivity (Wildman–Crippen MR) is 54.0 cm³/mol. The molecule has 0 saturated carbocycles. The number of hydrogen-bond donors (Lipinski definition) is 0. The van der Waals surface area contributed by atoms with Crippen LogP contribution in [0.4, 0.5) is 0 Å². The van der Waals surface area contributed by atoms with Crippen LogP contribution in [0.1, 0.15) is 17.3 Å². The first-order chi connectivity index (χ1) is 6.77. The zero-order valence-electron chi connectivity index (χ0n) is 8.07. The third kappa shape index (κ3) is 2.02. The van der Waals surface area contributed by atoms with Gasteiger partial charge in [-0.25, -0.2) is 4.79 Å². The molecule has 0 fully saturated rings. The maximum absolute atomic E-state index is 11.4. The summed E-state index contributed by atoms with van der Waals surface area (Å²) in [7, 11) is 0. The number of esters is 1. The number of carbonyl (C=O) groups excluding carboxylic acids is 1. The Bertz CT molecular complexity index is 365. The molecule has 1 aliphatic carbocycles. The van der Waals surface area contributed by atoms with Crippen LogP contribution in [0.25, 0.3) is 0 Å². The van der Waals surface area contributed by atoms with Crippen LogP contribution >= 0.6 is 0 Å². The van der Waals surface area contributed by atoms with E-state index in [1.165, 1.54) is 5.57 Å². The van der Waals surface area contributed by atoms with E-state index in [1.807, 2.05) is 25.1 Å². The van der Waals surface area contributed by atoms with Crippen molar-refractivity contribution in [1.29, 1.82) is 0 Å². The van der Waals surface area contributed by atoms with Gasteiger partial charge in [0.1, 0.15) is 6.61 Å². The van der Waals surface area contributed by atoms with E-state index in [0.29, 0.717) is 18.1 Å². The molecule has 0 amide bonds. The van der Waals surface area contributed by atoms with Gasteiger partial charge in [-0.3, -0.25) is 0 Å². The van der Waals surface area contributed by atoms with Crippen LogP contribution in [0.2, 0.25) is 0 Å². The zero-order valence-corrected chi connectivity index (χ0v) is 8.07. The molecule has 1 aromatic carbocycles. The normalized spacial score (nSPS) is 18.6. The van der Waals surface area contributed by atoms with Crippen molar-refractivity contribution < 1.29 is 9.53 Å². The van der Waals surface area contributed by atoms with Crippen molar-refractivity contribution in [2.75, 3.05) is 6.61 Å². The lowest BCUT2D eigenvalue weighted by atomic mass is 10.2. The van der Waals surface area contributed by atoms with Gasteiger partial charge in [0.25, 0.3) is 0 Å². The summed E-state index contributed by atoms with van der Waals surface area (Å²) in [5.41, 5.74) is 1.93. The average Bonchev–Trinajstić information content (AvgIpc) is 2.92. The van der Waals surface area contributed by atoms with Crippen molar-refractivity contribution in [3.63, 3.8) is 0 Å². The molecule has 1 aromatic rings. The lowest BCUT2D eigenvalue weighted by Crippen LogP contribution is -2.08. The summed E-state index contributed by atoms with van der Waals surface area (Å²) in [4.78, 5) is 11.4. The molecule has 2 rings (SSSR count). The van der Waals surface area contributed by atoms with Crippen molar-refractivity contribution in [3.05, 3.63) is 47.5 Å². The van der Waals surface area contributed by atoms with Gasteiger partial charge in [0.15, 0.2) is 0 Å². The molecule has 0 aromatic heterocycles. The van der Waals surface area contributed by atoms with Crippen molar-refractivity contribution in [1.82, 2.24) is 0 Å². The van der Waals surface area contributed by atoms with E-state index in [4.69, 9.17) is 4.74 Å². The fourth-order valence-electron chi connectivity index (χ4n) is 1.27. The highest BCUT2D eigenvalue weighted by Crippen LogP contribution is 2.27. The van der Waals surface area contributed by atoms with Crippen LogP contribution in [0.5, 0.6) is 0 Å². The number of ether oxygens (including phenoxy) is 1. The molecular weight excluding hydrogens is 176 g/mol. The van der Waals surface area contributed by atoms with Crippen LogP contribution in [0.15, 0.2) is 42.0 Å². The third-order valence-corrected chi connectivity index (χ3v) is 2.34.